The molecule has 1 aromatic heterocycles. The molecule has 0 fully saturated rings. The Kier molecular flexibility index (Phi) is 2.73. The Morgan fingerprint density at radius 3 is 2.72 bits per heavy atom. The fourth-order valence-electron chi connectivity index (χ4n) is 3.56. The van der Waals surface area contributed by atoms with Gasteiger partial charge in [0.1, 0.15) is 0 Å². The highest BCUT2D eigenvalue weighted by Gasteiger charge is 2.25. The van der Waals surface area contributed by atoms with E-state index in [-0.39, 0.29) is 0 Å². The van der Waals surface area contributed by atoms with E-state index in [0.717, 1.165) is 11.8 Å². The van der Waals surface area contributed by atoms with Crippen molar-refractivity contribution in [3.05, 3.63) is 34.5 Å². The number of fused-ring (bicyclic) bond motifs is 3. The van der Waals surface area contributed by atoms with E-state index in [1.165, 1.54) is 47.0 Å². The summed E-state index contributed by atoms with van der Waals surface area (Å²) in [5.41, 5.74) is 7.25. The summed E-state index contributed by atoms with van der Waals surface area (Å²) in [6.45, 7) is 9.16. The first-order valence-corrected chi connectivity index (χ1v) is 7.17. The summed E-state index contributed by atoms with van der Waals surface area (Å²) in [6.07, 6.45) is 3.83. The van der Waals surface area contributed by atoms with E-state index < -0.39 is 0 Å². The molecule has 0 bridgehead atoms. The van der Waals surface area contributed by atoms with Crippen LogP contribution in [0.25, 0.3) is 10.9 Å². The average molecular weight is 241 g/mol. The van der Waals surface area contributed by atoms with Gasteiger partial charge in [0.25, 0.3) is 0 Å². The van der Waals surface area contributed by atoms with E-state index in [1.807, 2.05) is 0 Å². The van der Waals surface area contributed by atoms with Crippen molar-refractivity contribution in [1.82, 2.24) is 4.98 Å². The zero-order chi connectivity index (χ0) is 12.9. The smallest absolute Gasteiger partial charge is 0.0464 e. The summed E-state index contributed by atoms with van der Waals surface area (Å²) in [7, 11) is 0. The fourth-order valence-corrected chi connectivity index (χ4v) is 3.56. The van der Waals surface area contributed by atoms with Crippen LogP contribution in [0.5, 0.6) is 0 Å². The van der Waals surface area contributed by atoms with Crippen LogP contribution in [0, 0.1) is 25.7 Å². The minimum absolute atomic E-state index is 0.800. The second kappa shape index (κ2) is 4.15. The molecule has 0 radical (unpaired) electrons. The second-order valence-electron chi connectivity index (χ2n) is 6.33. The first-order valence-electron chi connectivity index (χ1n) is 7.17. The van der Waals surface area contributed by atoms with Gasteiger partial charge in [-0.25, -0.2) is 0 Å². The number of aromatic amines is 1. The molecule has 1 atom stereocenters. The Hall–Kier alpha value is -1.24. The van der Waals surface area contributed by atoms with Crippen molar-refractivity contribution in [2.24, 2.45) is 11.8 Å². The van der Waals surface area contributed by atoms with Crippen molar-refractivity contribution in [2.45, 2.75) is 47.0 Å². The van der Waals surface area contributed by atoms with Gasteiger partial charge in [-0.2, -0.15) is 0 Å². The van der Waals surface area contributed by atoms with Crippen LogP contribution in [0.2, 0.25) is 0 Å². The van der Waals surface area contributed by atoms with Crippen LogP contribution in [0.15, 0.2) is 12.1 Å². The standard InChI is InChI=1S/C17H23N/c1-10(2)13-5-6-15-14(9-13)17-12(4)7-11(3)8-16(17)18-15/h7-8,10,13,18H,5-6,9H2,1-4H3. The number of H-pyrrole nitrogens is 1. The van der Waals surface area contributed by atoms with Gasteiger partial charge in [0, 0.05) is 16.6 Å². The molecular weight excluding hydrogens is 218 g/mol. The molecule has 1 aromatic carbocycles. The number of hydrogen-bond acceptors (Lipinski definition) is 0. The molecule has 1 aliphatic rings. The molecular formula is C17H23N. The van der Waals surface area contributed by atoms with E-state index in [1.54, 1.807) is 5.56 Å². The predicted octanol–water partition coefficient (Wildman–Crippen LogP) is 4.55. The number of nitrogens with one attached hydrogen (secondary N) is 1. The van der Waals surface area contributed by atoms with Crippen LogP contribution >= 0.6 is 0 Å². The Morgan fingerprint density at radius 2 is 2.00 bits per heavy atom. The van der Waals surface area contributed by atoms with Crippen LogP contribution in [0.3, 0.4) is 0 Å². The van der Waals surface area contributed by atoms with Gasteiger partial charge in [-0.1, -0.05) is 19.9 Å². The quantitative estimate of drug-likeness (QED) is 0.754. The third-order valence-electron chi connectivity index (χ3n) is 4.61. The lowest BCUT2D eigenvalue weighted by molar-refractivity contribution is 0.342. The minimum Gasteiger partial charge on any atom is -0.358 e. The molecule has 96 valence electrons. The topological polar surface area (TPSA) is 15.8 Å². The summed E-state index contributed by atoms with van der Waals surface area (Å²) < 4.78 is 0. The van der Waals surface area contributed by atoms with Gasteiger partial charge in [-0.15, -0.1) is 0 Å². The van der Waals surface area contributed by atoms with E-state index in [9.17, 15) is 0 Å². The maximum Gasteiger partial charge on any atom is 0.0464 e. The molecule has 1 aliphatic carbocycles. The maximum absolute atomic E-state index is 3.66. The van der Waals surface area contributed by atoms with Crippen molar-refractivity contribution >= 4 is 10.9 Å². The summed E-state index contributed by atoms with van der Waals surface area (Å²) >= 11 is 0. The fraction of sp³-hybridized carbons (Fsp3) is 0.529. The van der Waals surface area contributed by atoms with Crippen LogP contribution in [0.4, 0.5) is 0 Å². The largest absolute Gasteiger partial charge is 0.358 e. The Morgan fingerprint density at radius 1 is 1.22 bits per heavy atom. The molecule has 0 saturated heterocycles. The predicted molar refractivity (Wildman–Crippen MR) is 78.1 cm³/mol. The highest BCUT2D eigenvalue weighted by molar-refractivity contribution is 5.88. The number of rotatable bonds is 1. The van der Waals surface area contributed by atoms with E-state index >= 15 is 0 Å². The average Bonchev–Trinajstić information content (AvgIpc) is 2.65. The zero-order valence-corrected chi connectivity index (χ0v) is 11.9. The van der Waals surface area contributed by atoms with Crippen molar-refractivity contribution in [3.63, 3.8) is 0 Å². The van der Waals surface area contributed by atoms with Crippen molar-refractivity contribution in [2.75, 3.05) is 0 Å². The molecule has 1 heterocycles. The zero-order valence-electron chi connectivity index (χ0n) is 11.9. The number of aromatic nitrogens is 1. The van der Waals surface area contributed by atoms with Crippen LogP contribution in [-0.2, 0) is 12.8 Å². The molecule has 0 aliphatic heterocycles. The van der Waals surface area contributed by atoms with Gasteiger partial charge < -0.3 is 4.98 Å². The molecule has 1 unspecified atom stereocenters. The first-order chi connectivity index (χ1) is 8.56. The molecule has 3 rings (SSSR count). The number of benzene rings is 1. The van der Waals surface area contributed by atoms with E-state index in [2.05, 4.69) is 44.8 Å². The van der Waals surface area contributed by atoms with Crippen molar-refractivity contribution in [3.8, 4) is 0 Å². The van der Waals surface area contributed by atoms with E-state index in [4.69, 9.17) is 0 Å². The lowest BCUT2D eigenvalue weighted by Gasteiger charge is -2.25. The van der Waals surface area contributed by atoms with Gasteiger partial charge in [0.15, 0.2) is 0 Å². The molecule has 1 N–H and O–H groups in total. The highest BCUT2D eigenvalue weighted by Crippen LogP contribution is 2.36. The molecule has 2 aromatic rings. The normalized spacial score (nSPS) is 19.5. The molecule has 18 heavy (non-hydrogen) atoms. The van der Waals surface area contributed by atoms with Gasteiger partial charge in [-0.3, -0.25) is 0 Å². The first kappa shape index (κ1) is 11.8. The lowest BCUT2D eigenvalue weighted by Crippen LogP contribution is -2.18. The van der Waals surface area contributed by atoms with Crippen LogP contribution in [-0.4, -0.2) is 4.98 Å². The SMILES string of the molecule is Cc1cc(C)c2c3c([nH]c2c1)CCC(C(C)C)C3. The second-order valence-corrected chi connectivity index (χ2v) is 6.33. The lowest BCUT2D eigenvalue weighted by atomic mass is 9.79. The van der Waals surface area contributed by atoms with Gasteiger partial charge in [0.05, 0.1) is 0 Å². The number of aryl methyl sites for hydroxylation is 3. The third kappa shape index (κ3) is 1.77. The van der Waals surface area contributed by atoms with Crippen LogP contribution in [0.1, 0.15) is 42.7 Å². The Labute approximate surface area is 110 Å². The summed E-state index contributed by atoms with van der Waals surface area (Å²) in [6, 6.07) is 4.61. The molecule has 0 amide bonds. The summed E-state index contributed by atoms with van der Waals surface area (Å²) in [4.78, 5) is 3.66. The third-order valence-corrected chi connectivity index (χ3v) is 4.61. The summed E-state index contributed by atoms with van der Waals surface area (Å²) in [5.74, 6) is 1.66. The Bertz CT molecular complexity index is 589. The molecule has 1 heteroatoms. The van der Waals surface area contributed by atoms with Gasteiger partial charge in [-0.05, 0) is 67.7 Å². The van der Waals surface area contributed by atoms with Crippen LogP contribution < -0.4 is 0 Å². The monoisotopic (exact) mass is 241 g/mol. The molecule has 1 nitrogen and oxygen atoms in total. The van der Waals surface area contributed by atoms with Crippen molar-refractivity contribution < 1.29 is 0 Å². The minimum atomic E-state index is 0.800. The van der Waals surface area contributed by atoms with Crippen molar-refractivity contribution in [1.29, 1.82) is 0 Å². The van der Waals surface area contributed by atoms with Gasteiger partial charge >= 0.3 is 0 Å². The van der Waals surface area contributed by atoms with E-state index in [0.29, 0.717) is 0 Å². The highest BCUT2D eigenvalue weighted by atomic mass is 14.7. The molecule has 0 saturated carbocycles. The maximum atomic E-state index is 3.66. The summed E-state index contributed by atoms with van der Waals surface area (Å²) in [5, 5.41) is 1.50. The van der Waals surface area contributed by atoms with Gasteiger partial charge in [0.2, 0.25) is 0 Å². The Balaban J connectivity index is 2.15. The molecule has 0 spiro atoms. The number of hydrogen-bond donors (Lipinski definition) is 1.